The van der Waals surface area contributed by atoms with E-state index in [2.05, 4.69) is 181 Å². The van der Waals surface area contributed by atoms with E-state index in [1.165, 1.54) is 32.7 Å². The predicted molar refractivity (Wildman–Crippen MR) is 222 cm³/mol. The number of anilines is 3. The minimum absolute atomic E-state index is 0.834. The van der Waals surface area contributed by atoms with E-state index in [1.807, 2.05) is 12.1 Å². The van der Waals surface area contributed by atoms with E-state index < -0.39 is 0 Å². The van der Waals surface area contributed by atoms with Crippen molar-refractivity contribution in [3.63, 3.8) is 0 Å². The fraction of sp³-hybridized carbons (Fsp3) is 0. The minimum atomic E-state index is 0.834. The van der Waals surface area contributed by atoms with Gasteiger partial charge < -0.3 is 13.7 Å². The van der Waals surface area contributed by atoms with E-state index in [1.54, 1.807) is 0 Å². The molecule has 0 aliphatic rings. The zero-order chi connectivity index (χ0) is 34.9. The van der Waals surface area contributed by atoms with Crippen molar-refractivity contribution in [1.82, 2.24) is 0 Å². The van der Waals surface area contributed by atoms with Gasteiger partial charge >= 0.3 is 0 Å². The Balaban J connectivity index is 1.15. The van der Waals surface area contributed by atoms with Crippen LogP contribution in [-0.4, -0.2) is 0 Å². The van der Waals surface area contributed by atoms with Gasteiger partial charge in [-0.25, -0.2) is 0 Å². The van der Waals surface area contributed by atoms with E-state index in [-0.39, 0.29) is 0 Å². The zero-order valence-corrected chi connectivity index (χ0v) is 28.7. The van der Waals surface area contributed by atoms with Gasteiger partial charge in [0.05, 0.1) is 0 Å². The average Bonchev–Trinajstić information content (AvgIpc) is 3.78. The Hall–Kier alpha value is -7.10. The quantitative estimate of drug-likeness (QED) is 0.182. The molecule has 11 rings (SSSR count). The number of para-hydroxylation sites is 1. The molecule has 0 saturated carbocycles. The van der Waals surface area contributed by atoms with Crippen LogP contribution in [0.5, 0.6) is 0 Å². The lowest BCUT2D eigenvalue weighted by atomic mass is 9.95. The zero-order valence-electron chi connectivity index (χ0n) is 28.7. The molecule has 9 aromatic carbocycles. The Kier molecular flexibility index (Phi) is 6.55. The van der Waals surface area contributed by atoms with E-state index in [0.29, 0.717) is 0 Å². The molecule has 11 aromatic rings. The lowest BCUT2D eigenvalue weighted by Crippen LogP contribution is -2.09. The van der Waals surface area contributed by atoms with Crippen LogP contribution in [0.4, 0.5) is 17.1 Å². The Morgan fingerprint density at radius 3 is 1.72 bits per heavy atom. The highest BCUT2D eigenvalue weighted by Gasteiger charge is 2.23. The number of benzene rings is 9. The molecule has 0 atom stereocenters. The second kappa shape index (κ2) is 11.7. The van der Waals surface area contributed by atoms with E-state index >= 15 is 0 Å². The predicted octanol–water partition coefficient (Wildman–Crippen LogP) is 14.6. The van der Waals surface area contributed by atoms with Crippen molar-refractivity contribution in [1.29, 1.82) is 0 Å². The molecule has 0 amide bonds. The molecule has 0 spiro atoms. The van der Waals surface area contributed by atoms with Gasteiger partial charge in [-0.05, 0) is 98.9 Å². The highest BCUT2D eigenvalue weighted by atomic mass is 16.3. The van der Waals surface area contributed by atoms with Gasteiger partial charge in [-0.15, -0.1) is 0 Å². The van der Waals surface area contributed by atoms with Crippen LogP contribution >= 0.6 is 0 Å². The molecular formula is C50H31NO2. The normalized spacial score (nSPS) is 11.8. The largest absolute Gasteiger partial charge is 0.456 e. The van der Waals surface area contributed by atoms with Gasteiger partial charge in [0, 0.05) is 44.2 Å². The van der Waals surface area contributed by atoms with E-state index in [9.17, 15) is 0 Å². The summed E-state index contributed by atoms with van der Waals surface area (Å²) < 4.78 is 13.5. The molecule has 0 saturated heterocycles. The maximum atomic E-state index is 6.88. The number of hydrogen-bond acceptors (Lipinski definition) is 3. The first kappa shape index (κ1) is 29.6. The molecule has 0 aliphatic carbocycles. The first-order valence-electron chi connectivity index (χ1n) is 18.0. The molecule has 0 fully saturated rings. The van der Waals surface area contributed by atoms with Gasteiger partial charge in [0.15, 0.2) is 0 Å². The lowest BCUT2D eigenvalue weighted by molar-refractivity contribution is 0.664. The first-order valence-corrected chi connectivity index (χ1v) is 18.0. The Morgan fingerprint density at radius 1 is 0.321 bits per heavy atom. The summed E-state index contributed by atoms with van der Waals surface area (Å²) in [4.78, 5) is 2.34. The Labute approximate surface area is 305 Å². The molecule has 2 aromatic heterocycles. The number of nitrogens with zero attached hydrogens (tertiary/aromatic N) is 1. The smallest absolute Gasteiger partial charge is 0.144 e. The van der Waals surface area contributed by atoms with Crippen LogP contribution in [-0.2, 0) is 0 Å². The molecule has 0 unspecified atom stereocenters. The molecular weight excluding hydrogens is 647 g/mol. The molecule has 53 heavy (non-hydrogen) atoms. The van der Waals surface area contributed by atoms with Crippen LogP contribution in [0.15, 0.2) is 197 Å². The first-order chi connectivity index (χ1) is 26.2. The highest BCUT2D eigenvalue weighted by molar-refractivity contribution is 6.24. The number of furan rings is 2. The summed E-state index contributed by atoms with van der Waals surface area (Å²) in [7, 11) is 0. The third-order valence-electron chi connectivity index (χ3n) is 10.6. The number of rotatable bonds is 5. The molecule has 0 bridgehead atoms. The van der Waals surface area contributed by atoms with Crippen LogP contribution in [0.3, 0.4) is 0 Å². The van der Waals surface area contributed by atoms with E-state index in [4.69, 9.17) is 8.83 Å². The van der Waals surface area contributed by atoms with Crippen molar-refractivity contribution >= 4 is 82.5 Å². The lowest BCUT2D eigenvalue weighted by Gasteiger charge is -2.26. The molecule has 3 nitrogen and oxygen atoms in total. The number of fused-ring (bicyclic) bond motifs is 8. The standard InChI is InChI=1S/C50H31NO2/c1-2-10-32(11-3-1)35-20-23-39(24-21-35)51(40-25-22-34-13-5-7-15-37(34)29-40)41-26-27-46-43(30-41)44-31-47-49(42-16-8-9-17-45(42)52-47)48(50(44)53-46)38-19-18-33-12-4-6-14-36(33)28-38/h1-31H. The van der Waals surface area contributed by atoms with Crippen molar-refractivity contribution in [2.45, 2.75) is 0 Å². The maximum Gasteiger partial charge on any atom is 0.144 e. The molecule has 248 valence electrons. The van der Waals surface area contributed by atoms with Gasteiger partial charge in [0.25, 0.3) is 0 Å². The fourth-order valence-corrected chi connectivity index (χ4v) is 8.06. The molecule has 0 radical (unpaired) electrons. The van der Waals surface area contributed by atoms with Crippen LogP contribution in [0.1, 0.15) is 0 Å². The second-order valence-electron chi connectivity index (χ2n) is 13.7. The van der Waals surface area contributed by atoms with Gasteiger partial charge in [0.1, 0.15) is 22.3 Å². The fourth-order valence-electron chi connectivity index (χ4n) is 8.06. The summed E-state index contributed by atoms with van der Waals surface area (Å²) in [6.45, 7) is 0. The topological polar surface area (TPSA) is 29.5 Å². The monoisotopic (exact) mass is 677 g/mol. The molecule has 0 N–H and O–H groups in total. The Morgan fingerprint density at radius 2 is 0.906 bits per heavy atom. The van der Waals surface area contributed by atoms with Crippen LogP contribution < -0.4 is 4.90 Å². The van der Waals surface area contributed by atoms with Crippen molar-refractivity contribution in [2.75, 3.05) is 4.90 Å². The van der Waals surface area contributed by atoms with E-state index in [0.717, 1.165) is 72.1 Å². The van der Waals surface area contributed by atoms with Gasteiger partial charge in [-0.3, -0.25) is 0 Å². The maximum absolute atomic E-state index is 6.88. The van der Waals surface area contributed by atoms with Crippen LogP contribution in [0.25, 0.3) is 87.7 Å². The average molecular weight is 678 g/mol. The Bertz CT molecular complexity index is 3170. The second-order valence-corrected chi connectivity index (χ2v) is 13.7. The molecule has 2 heterocycles. The summed E-state index contributed by atoms with van der Waals surface area (Å²) in [6, 6.07) is 66.7. The number of hydrogen-bond donors (Lipinski definition) is 0. The summed E-state index contributed by atoms with van der Waals surface area (Å²) in [5.41, 5.74) is 11.1. The van der Waals surface area contributed by atoms with Crippen molar-refractivity contribution in [2.24, 2.45) is 0 Å². The van der Waals surface area contributed by atoms with Gasteiger partial charge in [0.2, 0.25) is 0 Å². The van der Waals surface area contributed by atoms with Crippen LogP contribution in [0.2, 0.25) is 0 Å². The van der Waals surface area contributed by atoms with Crippen LogP contribution in [0, 0.1) is 0 Å². The SMILES string of the molecule is c1ccc(-c2ccc(N(c3ccc4ccccc4c3)c3ccc4oc5c(-c6ccc7ccccc7c6)c6c(cc5c4c3)oc3ccccc36)cc2)cc1. The highest BCUT2D eigenvalue weighted by Crippen LogP contribution is 2.47. The summed E-state index contributed by atoms with van der Waals surface area (Å²) >= 11 is 0. The third kappa shape index (κ3) is 4.82. The van der Waals surface area contributed by atoms with Gasteiger partial charge in [-0.1, -0.05) is 127 Å². The molecule has 3 heteroatoms. The minimum Gasteiger partial charge on any atom is -0.456 e. The summed E-state index contributed by atoms with van der Waals surface area (Å²) in [5.74, 6) is 0. The molecule has 0 aliphatic heterocycles. The third-order valence-corrected chi connectivity index (χ3v) is 10.6. The van der Waals surface area contributed by atoms with Crippen molar-refractivity contribution in [3.8, 4) is 22.3 Å². The van der Waals surface area contributed by atoms with Gasteiger partial charge in [-0.2, -0.15) is 0 Å². The van der Waals surface area contributed by atoms with Crippen molar-refractivity contribution < 1.29 is 8.83 Å². The summed E-state index contributed by atoms with van der Waals surface area (Å²) in [5, 5.41) is 9.00. The summed E-state index contributed by atoms with van der Waals surface area (Å²) in [6.07, 6.45) is 0. The van der Waals surface area contributed by atoms with Crippen molar-refractivity contribution in [3.05, 3.63) is 188 Å².